The Bertz CT molecular complexity index is 167. The molecule has 0 aliphatic carbocycles. The van der Waals surface area contributed by atoms with Gasteiger partial charge in [0.15, 0.2) is 0 Å². The second kappa shape index (κ2) is 10.7. The van der Waals surface area contributed by atoms with Crippen molar-refractivity contribution in [3.8, 4) is 0 Å². The first kappa shape index (κ1) is 20.6. The lowest BCUT2D eigenvalue weighted by Crippen LogP contribution is -1.66. The van der Waals surface area contributed by atoms with Gasteiger partial charge in [-0.3, -0.25) is 0 Å². The maximum atomic E-state index is 8.88. The van der Waals surface area contributed by atoms with Crippen molar-refractivity contribution in [1.82, 2.24) is 0 Å². The summed E-state index contributed by atoms with van der Waals surface area (Å²) in [6.45, 7) is 4.42. The van der Waals surface area contributed by atoms with Crippen molar-refractivity contribution in [2.24, 2.45) is 0 Å². The fraction of sp³-hybridized carbons (Fsp3) is 1.00. The van der Waals surface area contributed by atoms with Crippen molar-refractivity contribution in [3.63, 3.8) is 0 Å². The van der Waals surface area contributed by atoms with Crippen LogP contribution in [0.1, 0.15) is 33.1 Å². The molecule has 0 saturated heterocycles. The van der Waals surface area contributed by atoms with E-state index >= 15 is 0 Å². The molecule has 6 N–H and O–H groups in total. The molecule has 15 heavy (non-hydrogen) atoms. The molecule has 0 heterocycles. The molecule has 0 atom stereocenters. The molecule has 0 amide bonds. The summed E-state index contributed by atoms with van der Waals surface area (Å²) in [7, 11) is -9.28. The summed E-state index contributed by atoms with van der Waals surface area (Å²) in [5.41, 5.74) is 0. The van der Waals surface area contributed by atoms with E-state index in [0.717, 1.165) is 0 Å². The van der Waals surface area contributed by atoms with Gasteiger partial charge in [-0.05, 0) is 0 Å². The number of hydrogen-bond donors (Lipinski definition) is 6. The summed E-state index contributed by atoms with van der Waals surface area (Å²) in [4.78, 5) is 43.1. The summed E-state index contributed by atoms with van der Waals surface area (Å²) in [6, 6.07) is 0. The maximum Gasteiger partial charge on any atom is 0.466 e. The van der Waals surface area contributed by atoms with Gasteiger partial charge in [-0.1, -0.05) is 33.1 Å². The van der Waals surface area contributed by atoms with Crippen LogP contribution in [0.4, 0.5) is 0 Å². The first-order valence-electron chi connectivity index (χ1n) is 3.98. The minimum atomic E-state index is -4.64. The Balaban J connectivity index is -0.000000144. The Labute approximate surface area is 88.1 Å². The molecule has 0 spiro atoms. The third-order valence-corrected chi connectivity index (χ3v) is 0.707. The van der Waals surface area contributed by atoms with E-state index < -0.39 is 15.6 Å². The van der Waals surface area contributed by atoms with E-state index in [1.165, 1.54) is 19.3 Å². The number of hydrogen-bond acceptors (Lipinski definition) is 2. The summed E-state index contributed by atoms with van der Waals surface area (Å²) in [5.74, 6) is 0. The van der Waals surface area contributed by atoms with E-state index in [-0.39, 0.29) is 0 Å². The van der Waals surface area contributed by atoms with Gasteiger partial charge in [-0.15, -0.1) is 0 Å². The number of unbranched alkanes of at least 4 members (excludes halogenated alkanes) is 2. The SMILES string of the molecule is CCCCC.O=P(O)(O)O.O=P(O)(O)O. The van der Waals surface area contributed by atoms with Gasteiger partial charge in [0.2, 0.25) is 0 Å². The zero-order valence-corrected chi connectivity index (χ0v) is 10.3. The van der Waals surface area contributed by atoms with E-state index in [1.807, 2.05) is 0 Å². The molecule has 0 aliphatic rings. The van der Waals surface area contributed by atoms with Crippen LogP contribution in [-0.4, -0.2) is 29.4 Å². The van der Waals surface area contributed by atoms with Gasteiger partial charge in [0, 0.05) is 0 Å². The van der Waals surface area contributed by atoms with E-state index in [0.29, 0.717) is 0 Å². The van der Waals surface area contributed by atoms with Crippen LogP contribution < -0.4 is 0 Å². The summed E-state index contributed by atoms with van der Waals surface area (Å²) >= 11 is 0. The highest BCUT2D eigenvalue weighted by atomic mass is 31.2. The lowest BCUT2D eigenvalue weighted by atomic mass is 10.3. The molecular formula is C5H18O8P2. The lowest BCUT2D eigenvalue weighted by Gasteiger charge is -1.82. The molecule has 0 aromatic heterocycles. The smallest absolute Gasteiger partial charge is 0.303 e. The second-order valence-electron chi connectivity index (χ2n) is 2.38. The van der Waals surface area contributed by atoms with Gasteiger partial charge < -0.3 is 29.4 Å². The molecule has 0 aromatic carbocycles. The van der Waals surface area contributed by atoms with Crippen LogP contribution in [0, 0.1) is 0 Å². The first-order chi connectivity index (χ1) is 6.41. The molecule has 10 heteroatoms. The molecule has 0 saturated carbocycles. The normalized spacial score (nSPS) is 10.7. The molecule has 0 fully saturated rings. The molecule has 0 aromatic rings. The van der Waals surface area contributed by atoms with Gasteiger partial charge >= 0.3 is 15.6 Å². The largest absolute Gasteiger partial charge is 0.466 e. The van der Waals surface area contributed by atoms with Crippen molar-refractivity contribution < 1.29 is 38.5 Å². The predicted octanol–water partition coefficient (Wildman–Crippen LogP) is 0.339. The van der Waals surface area contributed by atoms with E-state index in [1.54, 1.807) is 0 Å². The van der Waals surface area contributed by atoms with E-state index in [4.69, 9.17) is 38.5 Å². The molecular weight excluding hydrogens is 250 g/mol. The minimum Gasteiger partial charge on any atom is -0.303 e. The highest BCUT2D eigenvalue weighted by Crippen LogP contribution is 2.26. The Morgan fingerprint density at radius 2 is 0.867 bits per heavy atom. The zero-order valence-electron chi connectivity index (χ0n) is 8.52. The van der Waals surface area contributed by atoms with E-state index in [2.05, 4.69) is 13.8 Å². The fourth-order valence-electron chi connectivity index (χ4n) is 0.354. The van der Waals surface area contributed by atoms with Gasteiger partial charge in [-0.25, -0.2) is 9.13 Å². The second-order valence-corrected chi connectivity index (χ2v) is 4.43. The monoisotopic (exact) mass is 268 g/mol. The Hall–Kier alpha value is 0.220. The lowest BCUT2D eigenvalue weighted by molar-refractivity contribution is 0.272. The Kier molecular flexibility index (Phi) is 14.7. The van der Waals surface area contributed by atoms with Crippen LogP contribution in [0.2, 0.25) is 0 Å². The maximum absolute atomic E-state index is 8.88. The molecule has 96 valence electrons. The third kappa shape index (κ3) is 431. The van der Waals surface area contributed by atoms with Crippen LogP contribution in [0.5, 0.6) is 0 Å². The van der Waals surface area contributed by atoms with Crippen molar-refractivity contribution in [1.29, 1.82) is 0 Å². The zero-order chi connectivity index (χ0) is 13.1. The predicted molar refractivity (Wildman–Crippen MR) is 53.7 cm³/mol. The average molecular weight is 268 g/mol. The molecule has 0 rings (SSSR count). The summed E-state index contributed by atoms with van der Waals surface area (Å²) in [6.07, 6.45) is 4.08. The van der Waals surface area contributed by atoms with Gasteiger partial charge in [0.05, 0.1) is 0 Å². The Morgan fingerprint density at radius 3 is 0.867 bits per heavy atom. The molecule has 0 radical (unpaired) electrons. The molecule has 0 bridgehead atoms. The van der Waals surface area contributed by atoms with Gasteiger partial charge in [-0.2, -0.15) is 0 Å². The third-order valence-electron chi connectivity index (χ3n) is 0.707. The van der Waals surface area contributed by atoms with Crippen molar-refractivity contribution in [3.05, 3.63) is 0 Å². The van der Waals surface area contributed by atoms with Crippen molar-refractivity contribution in [2.45, 2.75) is 33.1 Å². The summed E-state index contributed by atoms with van der Waals surface area (Å²) < 4.78 is 17.8. The Morgan fingerprint density at radius 1 is 0.733 bits per heavy atom. The fourth-order valence-corrected chi connectivity index (χ4v) is 0.354. The number of rotatable bonds is 2. The highest BCUT2D eigenvalue weighted by Gasteiger charge is 2.00. The van der Waals surface area contributed by atoms with Gasteiger partial charge in [0.1, 0.15) is 0 Å². The molecule has 8 nitrogen and oxygen atoms in total. The van der Waals surface area contributed by atoms with Gasteiger partial charge in [0.25, 0.3) is 0 Å². The van der Waals surface area contributed by atoms with Crippen LogP contribution in [0.25, 0.3) is 0 Å². The minimum absolute atomic E-state index is 1.34. The quantitative estimate of drug-likeness (QED) is 0.391. The summed E-state index contributed by atoms with van der Waals surface area (Å²) in [5, 5.41) is 0. The standard InChI is InChI=1S/C5H12.2H3O4P/c1-3-5-4-2;2*1-5(2,3)4/h3-5H2,1-2H3;2*(H3,1,2,3,4). The van der Waals surface area contributed by atoms with Crippen LogP contribution in [0.15, 0.2) is 0 Å². The van der Waals surface area contributed by atoms with Crippen LogP contribution >= 0.6 is 15.6 Å². The first-order valence-corrected chi connectivity index (χ1v) is 7.11. The average Bonchev–Trinajstić information content (AvgIpc) is 1.80. The highest BCUT2D eigenvalue weighted by molar-refractivity contribution is 7.45. The molecule has 0 unspecified atom stereocenters. The van der Waals surface area contributed by atoms with Crippen molar-refractivity contribution in [2.75, 3.05) is 0 Å². The number of phosphoric acid groups is 2. The molecule has 0 aliphatic heterocycles. The van der Waals surface area contributed by atoms with Crippen LogP contribution in [0.3, 0.4) is 0 Å². The van der Waals surface area contributed by atoms with Crippen molar-refractivity contribution >= 4 is 15.6 Å². The van der Waals surface area contributed by atoms with Crippen LogP contribution in [-0.2, 0) is 9.13 Å². The topological polar surface area (TPSA) is 156 Å². The van der Waals surface area contributed by atoms with E-state index in [9.17, 15) is 0 Å².